The van der Waals surface area contributed by atoms with Gasteiger partial charge in [-0.05, 0) is 61.4 Å². The fourth-order valence-electron chi connectivity index (χ4n) is 3.58. The van der Waals surface area contributed by atoms with Crippen molar-refractivity contribution in [3.8, 4) is 0 Å². The Kier molecular flexibility index (Phi) is 8.42. The predicted molar refractivity (Wildman–Crippen MR) is 131 cm³/mol. The zero-order valence-corrected chi connectivity index (χ0v) is 19.9. The molecule has 0 saturated heterocycles. The van der Waals surface area contributed by atoms with Gasteiger partial charge in [0.1, 0.15) is 6.29 Å². The van der Waals surface area contributed by atoms with Gasteiger partial charge in [0.2, 0.25) is 0 Å². The second-order valence-electron chi connectivity index (χ2n) is 7.60. The second kappa shape index (κ2) is 10.8. The van der Waals surface area contributed by atoms with Crippen molar-refractivity contribution in [2.45, 2.75) is 54.2 Å². The Morgan fingerprint density at radius 2 is 2.07 bits per heavy atom. The number of hydrogen-bond acceptors (Lipinski definition) is 6. The number of unbranched alkanes of at least 4 members (excludes halogenated alkanes) is 1. The summed E-state index contributed by atoms with van der Waals surface area (Å²) in [5, 5.41) is 0. The lowest BCUT2D eigenvalue weighted by molar-refractivity contribution is -0.105. The molecule has 0 amide bonds. The van der Waals surface area contributed by atoms with Gasteiger partial charge in [-0.3, -0.25) is 4.72 Å². The summed E-state index contributed by atoms with van der Waals surface area (Å²) >= 11 is 5.22. The minimum atomic E-state index is 0.0293. The number of carbonyl (C=O) groups is 1. The van der Waals surface area contributed by atoms with E-state index < -0.39 is 0 Å². The molecule has 0 saturated carbocycles. The average Bonchev–Trinajstić information content (AvgIpc) is 2.89. The molecule has 6 heteroatoms. The van der Waals surface area contributed by atoms with Gasteiger partial charge in [0.25, 0.3) is 0 Å². The first-order chi connectivity index (χ1) is 14.1. The van der Waals surface area contributed by atoms with Gasteiger partial charge in [0.05, 0.1) is 5.69 Å². The molecular formula is C23H30N2OS3. The van der Waals surface area contributed by atoms with E-state index in [1.165, 1.54) is 39.6 Å². The Morgan fingerprint density at radius 3 is 2.76 bits per heavy atom. The Balaban J connectivity index is 2.02. The molecular weight excluding hydrogens is 416 g/mol. The molecule has 29 heavy (non-hydrogen) atoms. The van der Waals surface area contributed by atoms with Crippen LogP contribution in [0.4, 0.5) is 11.4 Å². The fraction of sp³-hybridized carbons (Fsp3) is 0.435. The largest absolute Gasteiger partial charge is 0.339 e. The van der Waals surface area contributed by atoms with Crippen molar-refractivity contribution in [3.05, 3.63) is 48.0 Å². The summed E-state index contributed by atoms with van der Waals surface area (Å²) in [6.45, 7) is 5.53. The fourth-order valence-corrected chi connectivity index (χ4v) is 5.97. The molecule has 0 fully saturated rings. The van der Waals surface area contributed by atoms with Gasteiger partial charge < -0.3 is 9.69 Å². The van der Waals surface area contributed by atoms with E-state index in [2.05, 4.69) is 72.2 Å². The first-order valence-electron chi connectivity index (χ1n) is 10.1. The molecule has 1 aliphatic rings. The van der Waals surface area contributed by atoms with Crippen molar-refractivity contribution in [3.63, 3.8) is 0 Å². The van der Waals surface area contributed by atoms with Crippen molar-refractivity contribution in [1.29, 1.82) is 0 Å². The number of rotatable bonds is 9. The second-order valence-corrected chi connectivity index (χ2v) is 10.3. The van der Waals surface area contributed by atoms with E-state index in [1.807, 2.05) is 0 Å². The number of aldehydes is 1. The zero-order valence-electron chi connectivity index (χ0n) is 17.4. The monoisotopic (exact) mass is 446 g/mol. The third kappa shape index (κ3) is 5.75. The highest BCUT2D eigenvalue weighted by molar-refractivity contribution is 7.99. The van der Waals surface area contributed by atoms with Crippen LogP contribution in [0.1, 0.15) is 38.7 Å². The highest BCUT2D eigenvalue weighted by Crippen LogP contribution is 2.43. The van der Waals surface area contributed by atoms with Gasteiger partial charge in [-0.15, -0.1) is 23.5 Å². The van der Waals surface area contributed by atoms with E-state index in [0.717, 1.165) is 25.0 Å². The van der Waals surface area contributed by atoms with Crippen LogP contribution in [-0.2, 0) is 10.5 Å². The van der Waals surface area contributed by atoms with Crippen LogP contribution in [0.15, 0.2) is 52.3 Å². The minimum Gasteiger partial charge on any atom is -0.339 e. The summed E-state index contributed by atoms with van der Waals surface area (Å²) in [5.41, 5.74) is 3.84. The van der Waals surface area contributed by atoms with Crippen LogP contribution in [0.5, 0.6) is 0 Å². The van der Waals surface area contributed by atoms with Crippen LogP contribution in [0.2, 0.25) is 0 Å². The van der Waals surface area contributed by atoms with Crippen LogP contribution < -0.4 is 9.62 Å². The highest BCUT2D eigenvalue weighted by Gasteiger charge is 2.32. The summed E-state index contributed by atoms with van der Waals surface area (Å²) in [6.07, 6.45) is 6.68. The molecule has 0 bridgehead atoms. The lowest BCUT2D eigenvalue weighted by atomic mass is 9.95. The van der Waals surface area contributed by atoms with E-state index in [9.17, 15) is 4.79 Å². The molecule has 1 heterocycles. The molecule has 2 aromatic carbocycles. The van der Waals surface area contributed by atoms with Crippen LogP contribution in [0.3, 0.4) is 0 Å². The van der Waals surface area contributed by atoms with Crippen LogP contribution in [0, 0.1) is 0 Å². The molecule has 0 aromatic heterocycles. The first kappa shape index (κ1) is 22.6. The van der Waals surface area contributed by atoms with E-state index in [-0.39, 0.29) is 5.54 Å². The van der Waals surface area contributed by atoms with Gasteiger partial charge in [0.15, 0.2) is 0 Å². The molecule has 1 N–H and O–H groups in total. The van der Waals surface area contributed by atoms with E-state index in [4.69, 9.17) is 0 Å². The number of nitrogens with one attached hydrogen (secondary N) is 1. The summed E-state index contributed by atoms with van der Waals surface area (Å²) in [4.78, 5) is 15.8. The number of benzene rings is 2. The maximum Gasteiger partial charge on any atom is 0.129 e. The number of thioether (sulfide) groups is 2. The normalized spacial score (nSPS) is 18.9. The van der Waals surface area contributed by atoms with Crippen LogP contribution in [-0.4, -0.2) is 30.4 Å². The zero-order chi connectivity index (χ0) is 20.7. The summed E-state index contributed by atoms with van der Waals surface area (Å²) in [5.74, 6) is 1.41. The summed E-state index contributed by atoms with van der Waals surface area (Å²) in [6, 6.07) is 15.4. The van der Waals surface area contributed by atoms with Crippen molar-refractivity contribution in [2.75, 3.05) is 23.5 Å². The molecule has 1 atom stereocenters. The third-order valence-electron chi connectivity index (χ3n) is 5.16. The van der Waals surface area contributed by atoms with E-state index >= 15 is 0 Å². The SMILES string of the molecule is CCCCC1(C)CN(c2ccccc2)c2cc(SC)c(CSCC=O)cc2SN1. The molecule has 156 valence electrons. The van der Waals surface area contributed by atoms with Gasteiger partial charge in [-0.2, -0.15) is 0 Å². The molecule has 0 spiro atoms. The Bertz CT molecular complexity index is 815. The van der Waals surface area contributed by atoms with Gasteiger partial charge in [0, 0.05) is 39.1 Å². The average molecular weight is 447 g/mol. The smallest absolute Gasteiger partial charge is 0.129 e. The predicted octanol–water partition coefficient (Wildman–Crippen LogP) is 6.54. The number of para-hydroxylation sites is 1. The number of hydrogen-bond donors (Lipinski definition) is 1. The summed E-state index contributed by atoms with van der Waals surface area (Å²) < 4.78 is 3.79. The van der Waals surface area contributed by atoms with E-state index in [0.29, 0.717) is 5.75 Å². The Hall–Kier alpha value is -1.08. The van der Waals surface area contributed by atoms with E-state index in [1.54, 1.807) is 35.5 Å². The lowest BCUT2D eigenvalue weighted by Gasteiger charge is -2.34. The lowest BCUT2D eigenvalue weighted by Crippen LogP contribution is -2.46. The Labute approximate surface area is 187 Å². The number of nitrogens with zero attached hydrogens (tertiary/aromatic N) is 1. The first-order valence-corrected chi connectivity index (χ1v) is 13.3. The standard InChI is InChI=1S/C23H30N2OS3/c1-4-5-11-23(2)17-25(19-9-7-6-8-10-19)20-15-21(27-3)18(16-28-13-12-26)14-22(20)29-24-23/h6-10,12,14-15,24H,4-5,11,13,16-17H2,1-3H3. The molecule has 3 rings (SSSR count). The minimum absolute atomic E-state index is 0.0293. The van der Waals surface area contributed by atoms with Crippen molar-refractivity contribution in [2.24, 2.45) is 0 Å². The molecule has 0 aliphatic carbocycles. The van der Waals surface area contributed by atoms with Crippen molar-refractivity contribution < 1.29 is 4.79 Å². The van der Waals surface area contributed by atoms with Crippen LogP contribution >= 0.6 is 35.5 Å². The molecule has 2 aromatic rings. The maximum atomic E-state index is 10.7. The van der Waals surface area contributed by atoms with Gasteiger partial charge >= 0.3 is 0 Å². The number of anilines is 2. The summed E-state index contributed by atoms with van der Waals surface area (Å²) in [7, 11) is 0. The quantitative estimate of drug-likeness (QED) is 0.204. The van der Waals surface area contributed by atoms with Crippen molar-refractivity contribution >= 4 is 53.1 Å². The van der Waals surface area contributed by atoms with Gasteiger partial charge in [-0.25, -0.2) is 0 Å². The number of carbonyl (C=O) groups excluding carboxylic acids is 1. The highest BCUT2D eigenvalue weighted by atomic mass is 32.2. The van der Waals surface area contributed by atoms with Crippen molar-refractivity contribution in [1.82, 2.24) is 4.72 Å². The Morgan fingerprint density at radius 1 is 1.28 bits per heavy atom. The molecule has 1 aliphatic heterocycles. The molecule has 0 radical (unpaired) electrons. The third-order valence-corrected chi connectivity index (χ3v) is 8.01. The van der Waals surface area contributed by atoms with Crippen LogP contribution in [0.25, 0.3) is 0 Å². The van der Waals surface area contributed by atoms with Gasteiger partial charge in [-0.1, -0.05) is 38.0 Å². The molecule has 1 unspecified atom stereocenters. The maximum absolute atomic E-state index is 10.7. The number of fused-ring (bicyclic) bond motifs is 1. The molecule has 3 nitrogen and oxygen atoms in total. The topological polar surface area (TPSA) is 32.3 Å².